The van der Waals surface area contributed by atoms with Gasteiger partial charge in [0.05, 0.1) is 19.0 Å². The molecule has 1 aliphatic rings. The van der Waals surface area contributed by atoms with Crippen LogP contribution in [0, 0.1) is 0 Å². The van der Waals surface area contributed by atoms with Crippen LogP contribution in [0.2, 0.25) is 0 Å². The highest BCUT2D eigenvalue weighted by molar-refractivity contribution is 6.02. The standard InChI is InChI=1S/C25H27N3O3/c29-25(12-11-20-5-3-10-24(17-20)31-22-7-1-2-8-22)27-21-6-4-9-23(18-21)30-16-15-28-14-13-26-19-28/h3-6,9-14,17-19,22H,1-2,7-8,15-16H2,(H,27,29)/b12-11+. The van der Waals surface area contributed by atoms with Gasteiger partial charge in [-0.05, 0) is 61.6 Å². The molecule has 0 unspecified atom stereocenters. The summed E-state index contributed by atoms with van der Waals surface area (Å²) in [4.78, 5) is 16.4. The molecule has 1 N–H and O–H groups in total. The van der Waals surface area contributed by atoms with Crippen molar-refractivity contribution in [2.75, 3.05) is 11.9 Å². The summed E-state index contributed by atoms with van der Waals surface area (Å²) in [5.41, 5.74) is 1.62. The van der Waals surface area contributed by atoms with Crippen LogP contribution in [0.3, 0.4) is 0 Å². The lowest BCUT2D eigenvalue weighted by atomic mass is 10.2. The number of nitrogens with one attached hydrogen (secondary N) is 1. The first-order chi connectivity index (χ1) is 15.2. The van der Waals surface area contributed by atoms with Gasteiger partial charge in [0, 0.05) is 30.2 Å². The number of ether oxygens (including phenoxy) is 2. The second-order valence-corrected chi connectivity index (χ2v) is 7.60. The Hall–Kier alpha value is -3.54. The van der Waals surface area contributed by atoms with Crippen LogP contribution >= 0.6 is 0 Å². The lowest BCUT2D eigenvalue weighted by Gasteiger charge is -2.13. The molecule has 0 bridgehead atoms. The maximum Gasteiger partial charge on any atom is 0.248 e. The number of hydrogen-bond acceptors (Lipinski definition) is 4. The van der Waals surface area contributed by atoms with E-state index in [1.54, 1.807) is 18.6 Å². The first-order valence-electron chi connectivity index (χ1n) is 10.7. The Morgan fingerprint density at radius 2 is 1.97 bits per heavy atom. The molecule has 6 nitrogen and oxygen atoms in total. The summed E-state index contributed by atoms with van der Waals surface area (Å²) in [5.74, 6) is 1.37. The monoisotopic (exact) mass is 417 g/mol. The first kappa shape index (κ1) is 20.7. The molecule has 2 aromatic carbocycles. The minimum atomic E-state index is -0.197. The van der Waals surface area contributed by atoms with Gasteiger partial charge in [-0.3, -0.25) is 4.79 Å². The molecule has 1 aliphatic carbocycles. The van der Waals surface area contributed by atoms with E-state index in [1.165, 1.54) is 18.9 Å². The number of anilines is 1. The Balaban J connectivity index is 1.28. The average molecular weight is 418 g/mol. The minimum Gasteiger partial charge on any atom is -0.492 e. The predicted molar refractivity (Wildman–Crippen MR) is 121 cm³/mol. The molecule has 4 rings (SSSR count). The molecular weight excluding hydrogens is 390 g/mol. The Labute approximate surface area is 182 Å². The predicted octanol–water partition coefficient (Wildman–Crippen LogP) is 4.94. The first-order valence-corrected chi connectivity index (χ1v) is 10.7. The van der Waals surface area contributed by atoms with Gasteiger partial charge in [0.1, 0.15) is 18.1 Å². The number of amides is 1. The quantitative estimate of drug-likeness (QED) is 0.501. The van der Waals surface area contributed by atoms with Crippen LogP contribution in [0.5, 0.6) is 11.5 Å². The van der Waals surface area contributed by atoms with Crippen molar-refractivity contribution in [2.24, 2.45) is 0 Å². The fourth-order valence-electron chi connectivity index (χ4n) is 3.60. The molecule has 0 saturated heterocycles. The van der Waals surface area contributed by atoms with Gasteiger partial charge in [0.15, 0.2) is 0 Å². The highest BCUT2D eigenvalue weighted by atomic mass is 16.5. The normalized spacial score (nSPS) is 14.1. The van der Waals surface area contributed by atoms with Gasteiger partial charge in [-0.25, -0.2) is 4.98 Å². The van der Waals surface area contributed by atoms with Crippen molar-refractivity contribution in [3.8, 4) is 11.5 Å². The third kappa shape index (κ3) is 6.47. The Kier molecular flexibility index (Phi) is 7.00. The summed E-state index contributed by atoms with van der Waals surface area (Å²) < 4.78 is 13.7. The molecule has 1 aromatic heterocycles. The molecule has 160 valence electrons. The van der Waals surface area contributed by atoms with E-state index in [4.69, 9.17) is 9.47 Å². The zero-order valence-electron chi connectivity index (χ0n) is 17.4. The molecular formula is C25H27N3O3. The van der Waals surface area contributed by atoms with Gasteiger partial charge in [0.25, 0.3) is 0 Å². The van der Waals surface area contributed by atoms with Gasteiger partial charge in [-0.1, -0.05) is 18.2 Å². The summed E-state index contributed by atoms with van der Waals surface area (Å²) in [6.07, 6.45) is 13.7. The van der Waals surface area contributed by atoms with Crippen LogP contribution in [-0.2, 0) is 11.3 Å². The van der Waals surface area contributed by atoms with E-state index < -0.39 is 0 Å². The summed E-state index contributed by atoms with van der Waals surface area (Å²) in [6.45, 7) is 1.23. The number of benzene rings is 2. The van der Waals surface area contributed by atoms with Crippen molar-refractivity contribution < 1.29 is 14.3 Å². The maximum atomic E-state index is 12.3. The number of imidazole rings is 1. The molecule has 1 saturated carbocycles. The van der Waals surface area contributed by atoms with Crippen LogP contribution in [0.1, 0.15) is 31.2 Å². The second kappa shape index (κ2) is 10.5. The summed E-state index contributed by atoms with van der Waals surface area (Å²) in [7, 11) is 0. The van der Waals surface area contributed by atoms with Crippen molar-refractivity contribution in [2.45, 2.75) is 38.3 Å². The molecule has 1 heterocycles. The van der Waals surface area contributed by atoms with Gasteiger partial charge < -0.3 is 19.4 Å². The topological polar surface area (TPSA) is 65.4 Å². The molecule has 6 heteroatoms. The molecule has 1 amide bonds. The Morgan fingerprint density at radius 1 is 1.13 bits per heavy atom. The molecule has 0 spiro atoms. The van der Waals surface area contributed by atoms with E-state index in [2.05, 4.69) is 10.3 Å². The molecule has 0 radical (unpaired) electrons. The summed E-state index contributed by atoms with van der Waals surface area (Å²) in [5, 5.41) is 2.88. The largest absolute Gasteiger partial charge is 0.492 e. The third-order valence-corrected chi connectivity index (χ3v) is 5.17. The SMILES string of the molecule is O=C(/C=C/c1cccc(OC2CCCC2)c1)Nc1cccc(OCCn2ccnc2)c1. The molecule has 3 aromatic rings. The lowest BCUT2D eigenvalue weighted by molar-refractivity contribution is -0.111. The van der Waals surface area contributed by atoms with Gasteiger partial charge in [-0.2, -0.15) is 0 Å². The van der Waals surface area contributed by atoms with Crippen LogP contribution in [0.25, 0.3) is 6.08 Å². The lowest BCUT2D eigenvalue weighted by Crippen LogP contribution is -2.10. The van der Waals surface area contributed by atoms with Gasteiger partial charge >= 0.3 is 0 Å². The van der Waals surface area contributed by atoms with Crippen molar-refractivity contribution in [1.29, 1.82) is 0 Å². The number of carbonyl (C=O) groups excluding carboxylic acids is 1. The van der Waals surface area contributed by atoms with Crippen LogP contribution in [0.4, 0.5) is 5.69 Å². The summed E-state index contributed by atoms with van der Waals surface area (Å²) >= 11 is 0. The minimum absolute atomic E-state index is 0.197. The van der Waals surface area contributed by atoms with Crippen molar-refractivity contribution in [3.63, 3.8) is 0 Å². The molecule has 1 fully saturated rings. The van der Waals surface area contributed by atoms with Crippen LogP contribution in [0.15, 0.2) is 73.3 Å². The fourth-order valence-corrected chi connectivity index (χ4v) is 3.60. The van der Waals surface area contributed by atoms with Gasteiger partial charge in [0.2, 0.25) is 5.91 Å². The number of carbonyl (C=O) groups is 1. The van der Waals surface area contributed by atoms with Crippen molar-refractivity contribution in [1.82, 2.24) is 9.55 Å². The van der Waals surface area contributed by atoms with Crippen LogP contribution in [-0.4, -0.2) is 28.2 Å². The van der Waals surface area contributed by atoms with E-state index in [-0.39, 0.29) is 5.91 Å². The van der Waals surface area contributed by atoms with E-state index in [0.29, 0.717) is 30.7 Å². The Bertz CT molecular complexity index is 1010. The second-order valence-electron chi connectivity index (χ2n) is 7.60. The zero-order valence-corrected chi connectivity index (χ0v) is 17.4. The smallest absolute Gasteiger partial charge is 0.248 e. The van der Waals surface area contributed by atoms with E-state index in [0.717, 1.165) is 24.2 Å². The molecule has 0 aliphatic heterocycles. The van der Waals surface area contributed by atoms with Gasteiger partial charge in [-0.15, -0.1) is 0 Å². The number of aromatic nitrogens is 2. The van der Waals surface area contributed by atoms with E-state index in [1.807, 2.05) is 59.3 Å². The maximum absolute atomic E-state index is 12.3. The van der Waals surface area contributed by atoms with Crippen molar-refractivity contribution in [3.05, 3.63) is 78.9 Å². The third-order valence-electron chi connectivity index (χ3n) is 5.17. The highest BCUT2D eigenvalue weighted by Gasteiger charge is 2.16. The number of nitrogens with zero attached hydrogens (tertiary/aromatic N) is 2. The summed E-state index contributed by atoms with van der Waals surface area (Å²) in [6, 6.07) is 15.2. The van der Waals surface area contributed by atoms with E-state index in [9.17, 15) is 4.79 Å². The zero-order chi connectivity index (χ0) is 21.3. The number of rotatable bonds is 9. The van der Waals surface area contributed by atoms with Crippen LogP contribution < -0.4 is 14.8 Å². The Morgan fingerprint density at radius 3 is 2.81 bits per heavy atom. The number of hydrogen-bond donors (Lipinski definition) is 1. The fraction of sp³-hybridized carbons (Fsp3) is 0.280. The molecule has 31 heavy (non-hydrogen) atoms. The average Bonchev–Trinajstić information content (AvgIpc) is 3.47. The molecule has 0 atom stereocenters. The van der Waals surface area contributed by atoms with Crippen molar-refractivity contribution >= 4 is 17.7 Å². The highest BCUT2D eigenvalue weighted by Crippen LogP contribution is 2.25. The van der Waals surface area contributed by atoms with E-state index >= 15 is 0 Å².